The van der Waals surface area contributed by atoms with Gasteiger partial charge in [0.05, 0.1) is 0 Å². The molecule has 42 valence electrons. The number of quaternary nitrogens is 1. The molecule has 0 radical (unpaired) electrons. The summed E-state index contributed by atoms with van der Waals surface area (Å²) in [6.45, 7) is 0. The Labute approximate surface area is 47.3 Å². The van der Waals surface area contributed by atoms with Crippen LogP contribution in [0, 0.1) is 10.1 Å². The molecule has 4 N–H and O–H groups in total. The highest BCUT2D eigenvalue weighted by Crippen LogP contribution is 1.34. The summed E-state index contributed by atoms with van der Waals surface area (Å²) in [5.41, 5.74) is 0. The lowest BCUT2D eigenvalue weighted by Gasteiger charge is -1.51. The predicted molar refractivity (Wildman–Crippen MR) is 15.1 cm³/mol. The Hall–Kier alpha value is -0.0600. The zero-order valence-electron chi connectivity index (χ0n) is 3.02. The molecule has 0 unspecified atom stereocenters. The third-order valence-electron chi connectivity index (χ3n) is 0. The van der Waals surface area contributed by atoms with Gasteiger partial charge in [0.2, 0.25) is 0 Å². The van der Waals surface area contributed by atoms with E-state index in [0.717, 1.165) is 5.34 Å². The molecule has 0 aliphatic heterocycles. The van der Waals surface area contributed by atoms with E-state index < -0.39 is 0 Å². The first kappa shape index (κ1) is 38.5. The van der Waals surface area contributed by atoms with E-state index in [1.807, 2.05) is 0 Å². The first-order chi connectivity index (χ1) is 1.41. The topological polar surface area (TPSA) is 89.0 Å². The van der Waals surface area contributed by atoms with E-state index in [0.29, 0.717) is 0 Å². The van der Waals surface area contributed by atoms with Gasteiger partial charge < -0.3 is 41.1 Å². The second kappa shape index (κ2) is 86.8. The molecule has 0 rings (SSSR count). The van der Waals surface area contributed by atoms with Crippen molar-refractivity contribution < 1.29 is 24.8 Å². The molecule has 0 aromatic carbocycles. The van der Waals surface area contributed by atoms with E-state index in [1.165, 1.54) is 0 Å². The zero-order valence-corrected chi connectivity index (χ0v) is 4.53. The lowest BCUT2D eigenvalue weighted by molar-refractivity contribution is -0.00100. The molecule has 0 aromatic heterocycles. The fourth-order valence-corrected chi connectivity index (χ4v) is 0. The van der Waals surface area contributed by atoms with E-state index in [9.17, 15) is 0 Å². The lowest BCUT2D eigenvalue weighted by atomic mass is 13.4. The average Bonchev–Trinajstić information content (AvgIpc) is 0.918. The highest BCUT2D eigenvalue weighted by atomic mass is 35.5. The highest BCUT2D eigenvalue weighted by molar-refractivity contribution is 4.21. The normalized spacial score (nSPS) is 2.00. The number of halogens is 2. The Bertz CT molecular complexity index is 17.0. The van der Waals surface area contributed by atoms with E-state index >= 15 is 0 Å². The molecule has 0 heterocycles. The van der Waals surface area contributed by atoms with Gasteiger partial charge in [-0.1, -0.05) is 0 Å². The second-order valence-electron chi connectivity index (χ2n) is 0.0745. The van der Waals surface area contributed by atoms with Crippen molar-refractivity contribution >= 4 is 0 Å². The quantitative estimate of drug-likeness (QED) is 0.265. The van der Waals surface area contributed by atoms with Gasteiger partial charge in [0, 0.05) is 0 Å². The van der Waals surface area contributed by atoms with Gasteiger partial charge in [0.25, 0.3) is 0 Å². The Morgan fingerprint density at radius 1 is 1.33 bits per heavy atom. The van der Waals surface area contributed by atoms with Crippen LogP contribution in [0.3, 0.4) is 0 Å². The Kier molecular flexibility index (Phi) is 557. The van der Waals surface area contributed by atoms with E-state index in [2.05, 4.69) is 0 Å². The molecule has 0 saturated heterocycles. The van der Waals surface area contributed by atoms with Crippen LogP contribution in [-0.2, 0) is 0 Å². The van der Waals surface area contributed by atoms with Gasteiger partial charge in [-0.05, 0) is 0 Å². The van der Waals surface area contributed by atoms with Gasteiger partial charge in [-0.15, -0.1) is 5.34 Å². The SMILES string of the molecule is O=N[O-].[Cl-].[Cl-].[NH4+]. The van der Waals surface area contributed by atoms with Crippen molar-refractivity contribution in [2.45, 2.75) is 0 Å². The molecular formula is H4Cl2N2O2-2. The number of hydrogen-bond donors (Lipinski definition) is 1. The molecule has 0 bridgehead atoms. The molecule has 0 fully saturated rings. The van der Waals surface area contributed by atoms with Crippen molar-refractivity contribution in [3.63, 3.8) is 0 Å². The standard InChI is InChI=1S/2ClH.HNO2.H3N/c;;2-1-3;/h2*1H;(H,2,3);1H3/p-2. The third-order valence-corrected chi connectivity index (χ3v) is 0. The first-order valence-corrected chi connectivity index (χ1v) is 0.365. The maximum Gasteiger partial charge on any atom is -0.112 e. The molecule has 0 atom stereocenters. The van der Waals surface area contributed by atoms with Gasteiger partial charge in [-0.3, -0.25) is 0 Å². The van der Waals surface area contributed by atoms with Crippen LogP contribution >= 0.6 is 0 Å². The van der Waals surface area contributed by atoms with Gasteiger partial charge in [-0.25, -0.2) is 0 Å². The molecule has 0 aliphatic rings. The average molecular weight is 135 g/mol. The monoisotopic (exact) mass is 134 g/mol. The minimum Gasteiger partial charge on any atom is -1.00 e. The van der Waals surface area contributed by atoms with Gasteiger partial charge in [0.1, 0.15) is 0 Å². The Balaban J connectivity index is -0.00000000667. The lowest BCUT2D eigenvalue weighted by Crippen LogP contribution is -3.00. The first-order valence-electron chi connectivity index (χ1n) is 0.365. The number of rotatable bonds is 0. The summed E-state index contributed by atoms with van der Waals surface area (Å²) in [6.07, 6.45) is 0. The summed E-state index contributed by atoms with van der Waals surface area (Å²) in [6, 6.07) is 0. The van der Waals surface area contributed by atoms with Crippen molar-refractivity contribution in [1.29, 1.82) is 0 Å². The largest absolute Gasteiger partial charge is 1.00 e. The molecule has 0 aromatic rings. The molecule has 6 heavy (non-hydrogen) atoms. The fraction of sp³-hybridized carbons (Fsp3) is 0. The van der Waals surface area contributed by atoms with Crippen molar-refractivity contribution in [1.82, 2.24) is 6.15 Å². The van der Waals surface area contributed by atoms with Crippen molar-refractivity contribution in [3.8, 4) is 0 Å². The van der Waals surface area contributed by atoms with E-state index in [4.69, 9.17) is 10.1 Å². The van der Waals surface area contributed by atoms with Crippen LogP contribution in [0.5, 0.6) is 0 Å². The number of hydrogen-bond acceptors (Lipinski definition) is 3. The summed E-state index contributed by atoms with van der Waals surface area (Å²) in [5.74, 6) is 0. The van der Waals surface area contributed by atoms with Crippen LogP contribution in [0.15, 0.2) is 5.34 Å². The van der Waals surface area contributed by atoms with Crippen LogP contribution < -0.4 is 31.0 Å². The predicted octanol–water partition coefficient (Wildman–Crippen LogP) is -5.37. The minimum atomic E-state index is 0. The molecular weight excluding hydrogens is 131 g/mol. The van der Waals surface area contributed by atoms with Crippen LogP contribution in [0.2, 0.25) is 0 Å². The number of nitrogens with zero attached hydrogens (tertiary/aromatic N) is 1. The maximum atomic E-state index is 8.00. The summed E-state index contributed by atoms with van der Waals surface area (Å²) < 4.78 is 0. The Morgan fingerprint density at radius 3 is 1.33 bits per heavy atom. The molecule has 0 amide bonds. The van der Waals surface area contributed by atoms with Crippen LogP contribution in [0.25, 0.3) is 0 Å². The van der Waals surface area contributed by atoms with Crippen LogP contribution in [0.4, 0.5) is 0 Å². The van der Waals surface area contributed by atoms with Crippen LogP contribution in [0.1, 0.15) is 0 Å². The fourth-order valence-electron chi connectivity index (χ4n) is 0. The van der Waals surface area contributed by atoms with Crippen molar-refractivity contribution in [3.05, 3.63) is 10.1 Å². The minimum absolute atomic E-state index is 0. The van der Waals surface area contributed by atoms with Crippen molar-refractivity contribution in [2.24, 2.45) is 5.34 Å². The van der Waals surface area contributed by atoms with E-state index in [-0.39, 0.29) is 31.0 Å². The summed E-state index contributed by atoms with van der Waals surface area (Å²) in [4.78, 5) is 8.00. The Morgan fingerprint density at radius 2 is 1.33 bits per heavy atom. The van der Waals surface area contributed by atoms with Gasteiger partial charge in [0.15, 0.2) is 0 Å². The molecule has 0 spiro atoms. The summed E-state index contributed by atoms with van der Waals surface area (Å²) in [5, 5.41) is 9.00. The maximum absolute atomic E-state index is 8.00. The smallest absolute Gasteiger partial charge is 0.112 e. The third kappa shape index (κ3) is 9460. The molecule has 6 heteroatoms. The van der Waals surface area contributed by atoms with Gasteiger partial charge in [-0.2, -0.15) is 0 Å². The van der Waals surface area contributed by atoms with Crippen LogP contribution in [-0.4, -0.2) is 0 Å². The molecule has 0 aliphatic carbocycles. The summed E-state index contributed by atoms with van der Waals surface area (Å²) >= 11 is 0. The highest BCUT2D eigenvalue weighted by Gasteiger charge is 0.958. The summed E-state index contributed by atoms with van der Waals surface area (Å²) in [7, 11) is 0. The zero-order chi connectivity index (χ0) is 2.71. The molecule has 0 saturated carbocycles. The molecule has 4 nitrogen and oxygen atoms in total. The second-order valence-corrected chi connectivity index (χ2v) is 0.0745. The van der Waals surface area contributed by atoms with Gasteiger partial charge >= 0.3 is 0 Å². The van der Waals surface area contributed by atoms with Crippen molar-refractivity contribution in [2.75, 3.05) is 0 Å². The van der Waals surface area contributed by atoms with E-state index in [1.54, 1.807) is 0 Å².